The SMILES string of the molecule is O=[N+]([O-])c1ccc(Cl)cc1C(Cl)=Nc1ccnc(Cl)c1F. The second-order valence-electron chi connectivity index (χ2n) is 3.76. The van der Waals surface area contributed by atoms with E-state index in [2.05, 4.69) is 9.98 Å². The molecule has 0 bridgehead atoms. The zero-order chi connectivity index (χ0) is 15.6. The van der Waals surface area contributed by atoms with E-state index in [4.69, 9.17) is 34.8 Å². The average molecular weight is 349 g/mol. The second-order valence-corrected chi connectivity index (χ2v) is 4.91. The van der Waals surface area contributed by atoms with Crippen molar-refractivity contribution in [3.8, 4) is 0 Å². The minimum Gasteiger partial charge on any atom is -0.258 e. The van der Waals surface area contributed by atoms with Crippen molar-refractivity contribution in [3.05, 3.63) is 62.1 Å². The van der Waals surface area contributed by atoms with Gasteiger partial charge in [-0.3, -0.25) is 10.1 Å². The van der Waals surface area contributed by atoms with Crippen molar-refractivity contribution >= 4 is 51.3 Å². The number of pyridine rings is 1. The fraction of sp³-hybridized carbons (Fsp3) is 0. The van der Waals surface area contributed by atoms with Crippen LogP contribution in [0.1, 0.15) is 5.56 Å². The third-order valence-electron chi connectivity index (χ3n) is 2.42. The Kier molecular flexibility index (Phi) is 4.72. The molecule has 9 heteroatoms. The van der Waals surface area contributed by atoms with E-state index in [-0.39, 0.29) is 32.3 Å². The maximum Gasteiger partial charge on any atom is 0.279 e. The highest BCUT2D eigenvalue weighted by Gasteiger charge is 2.18. The number of benzene rings is 1. The van der Waals surface area contributed by atoms with Gasteiger partial charge in [0.25, 0.3) is 5.69 Å². The number of aromatic nitrogens is 1. The van der Waals surface area contributed by atoms with Crippen LogP contribution >= 0.6 is 34.8 Å². The molecule has 2 aromatic rings. The molecule has 108 valence electrons. The molecule has 1 aromatic carbocycles. The molecule has 1 heterocycles. The third-order valence-corrected chi connectivity index (χ3v) is 3.21. The molecule has 0 fully saturated rings. The summed E-state index contributed by atoms with van der Waals surface area (Å²) < 4.78 is 13.7. The van der Waals surface area contributed by atoms with Crippen LogP contribution < -0.4 is 0 Å². The molecule has 0 amide bonds. The molecule has 0 spiro atoms. The lowest BCUT2D eigenvalue weighted by molar-refractivity contribution is -0.385. The Hall–Kier alpha value is -1.76. The number of hydrogen-bond donors (Lipinski definition) is 0. The van der Waals surface area contributed by atoms with Gasteiger partial charge in [0.05, 0.1) is 10.5 Å². The van der Waals surface area contributed by atoms with Crippen molar-refractivity contribution in [3.63, 3.8) is 0 Å². The van der Waals surface area contributed by atoms with Crippen LogP contribution in [0.15, 0.2) is 35.5 Å². The zero-order valence-corrected chi connectivity index (χ0v) is 12.3. The molecule has 0 aliphatic heterocycles. The Morgan fingerprint density at radius 1 is 1.33 bits per heavy atom. The summed E-state index contributed by atoms with van der Waals surface area (Å²) in [6.07, 6.45) is 1.24. The van der Waals surface area contributed by atoms with Gasteiger partial charge in [-0.05, 0) is 18.2 Å². The molecule has 21 heavy (non-hydrogen) atoms. The minimum atomic E-state index is -0.873. The van der Waals surface area contributed by atoms with Crippen molar-refractivity contribution in [1.29, 1.82) is 0 Å². The molecule has 2 rings (SSSR count). The van der Waals surface area contributed by atoms with Gasteiger partial charge in [-0.15, -0.1) is 0 Å². The fourth-order valence-electron chi connectivity index (χ4n) is 1.49. The van der Waals surface area contributed by atoms with E-state index in [1.54, 1.807) is 0 Å². The van der Waals surface area contributed by atoms with Crippen molar-refractivity contribution in [1.82, 2.24) is 4.98 Å². The molecule has 0 aliphatic carbocycles. The first-order chi connectivity index (χ1) is 9.90. The Morgan fingerprint density at radius 2 is 2.05 bits per heavy atom. The zero-order valence-electron chi connectivity index (χ0n) is 10.1. The van der Waals surface area contributed by atoms with Crippen LogP contribution in [0.5, 0.6) is 0 Å². The quantitative estimate of drug-likeness (QED) is 0.348. The maximum absolute atomic E-state index is 13.7. The first kappa shape index (κ1) is 15.6. The van der Waals surface area contributed by atoms with Gasteiger partial charge in [0.2, 0.25) is 0 Å². The lowest BCUT2D eigenvalue weighted by Gasteiger charge is -2.03. The number of hydrogen-bond acceptors (Lipinski definition) is 4. The molecule has 0 saturated carbocycles. The molecule has 0 saturated heterocycles. The molecule has 1 aromatic heterocycles. The standard InChI is InChI=1S/C12H5Cl3FN3O2/c13-6-1-2-9(19(20)21)7(5-6)11(14)18-8-3-4-17-12(15)10(8)16/h1-5H. The van der Waals surface area contributed by atoms with Crippen LogP contribution in [0.25, 0.3) is 0 Å². The lowest BCUT2D eigenvalue weighted by Crippen LogP contribution is -1.99. The molecule has 0 N–H and O–H groups in total. The summed E-state index contributed by atoms with van der Waals surface area (Å²) in [5, 5.41) is 10.5. The van der Waals surface area contributed by atoms with E-state index in [9.17, 15) is 14.5 Å². The predicted octanol–water partition coefficient (Wildman–Crippen LogP) is 4.75. The molecule has 0 radical (unpaired) electrons. The largest absolute Gasteiger partial charge is 0.279 e. The summed E-state index contributed by atoms with van der Waals surface area (Å²) in [6.45, 7) is 0. The van der Waals surface area contributed by atoms with E-state index in [0.717, 1.165) is 0 Å². The highest BCUT2D eigenvalue weighted by atomic mass is 35.5. The van der Waals surface area contributed by atoms with Crippen molar-refractivity contribution in [2.75, 3.05) is 0 Å². The number of halogens is 4. The molecule has 0 unspecified atom stereocenters. The Labute approximate surface area is 133 Å². The van der Waals surface area contributed by atoms with Crippen LogP contribution in [0.2, 0.25) is 10.2 Å². The minimum absolute atomic E-state index is 0.0264. The van der Waals surface area contributed by atoms with Gasteiger partial charge >= 0.3 is 0 Å². The van der Waals surface area contributed by atoms with Gasteiger partial charge in [0, 0.05) is 17.3 Å². The Bertz CT molecular complexity index is 753. The van der Waals surface area contributed by atoms with Gasteiger partial charge in [-0.2, -0.15) is 0 Å². The van der Waals surface area contributed by atoms with E-state index in [1.807, 2.05) is 0 Å². The molecule has 5 nitrogen and oxygen atoms in total. The third kappa shape index (κ3) is 3.47. The Balaban J connectivity index is 2.56. The summed E-state index contributed by atoms with van der Waals surface area (Å²) in [4.78, 5) is 17.6. The summed E-state index contributed by atoms with van der Waals surface area (Å²) in [5.74, 6) is -0.873. The van der Waals surface area contributed by atoms with Crippen LogP contribution in [-0.4, -0.2) is 15.1 Å². The van der Waals surface area contributed by atoms with Crippen LogP contribution in [0.3, 0.4) is 0 Å². The summed E-state index contributed by atoms with van der Waals surface area (Å²) in [5.41, 5.74) is -0.510. The highest BCUT2D eigenvalue weighted by Crippen LogP contribution is 2.28. The van der Waals surface area contributed by atoms with Gasteiger partial charge in [0.1, 0.15) is 10.9 Å². The highest BCUT2D eigenvalue weighted by molar-refractivity contribution is 6.70. The normalized spacial score (nSPS) is 11.5. The van der Waals surface area contributed by atoms with Crippen LogP contribution in [0.4, 0.5) is 15.8 Å². The molecule has 0 atom stereocenters. The second kappa shape index (κ2) is 6.34. The fourth-order valence-corrected chi connectivity index (χ4v) is 2.06. The van der Waals surface area contributed by atoms with E-state index in [1.165, 1.54) is 30.5 Å². The van der Waals surface area contributed by atoms with Crippen molar-refractivity contribution < 1.29 is 9.31 Å². The smallest absolute Gasteiger partial charge is 0.258 e. The monoisotopic (exact) mass is 347 g/mol. The van der Waals surface area contributed by atoms with E-state index < -0.39 is 10.7 Å². The summed E-state index contributed by atoms with van der Waals surface area (Å²) in [7, 11) is 0. The number of rotatable bonds is 3. The number of nitrogens with zero attached hydrogens (tertiary/aromatic N) is 3. The summed E-state index contributed by atoms with van der Waals surface area (Å²) in [6, 6.07) is 5.04. The maximum atomic E-state index is 13.7. The van der Waals surface area contributed by atoms with E-state index >= 15 is 0 Å². The Morgan fingerprint density at radius 3 is 2.71 bits per heavy atom. The predicted molar refractivity (Wildman–Crippen MR) is 79.4 cm³/mol. The van der Waals surface area contributed by atoms with Gasteiger partial charge < -0.3 is 0 Å². The number of nitro benzene ring substituents is 1. The average Bonchev–Trinajstić information content (AvgIpc) is 2.43. The first-order valence-corrected chi connectivity index (χ1v) is 6.52. The summed E-state index contributed by atoms with van der Waals surface area (Å²) >= 11 is 17.2. The number of nitro groups is 1. The van der Waals surface area contributed by atoms with Crippen LogP contribution in [-0.2, 0) is 0 Å². The van der Waals surface area contributed by atoms with E-state index in [0.29, 0.717) is 0 Å². The van der Waals surface area contributed by atoms with Gasteiger partial charge in [-0.1, -0.05) is 34.8 Å². The molecular weight excluding hydrogens is 344 g/mol. The number of aliphatic imine (C=N–C) groups is 1. The lowest BCUT2D eigenvalue weighted by atomic mass is 10.2. The van der Waals surface area contributed by atoms with Crippen molar-refractivity contribution in [2.45, 2.75) is 0 Å². The molecule has 0 aliphatic rings. The van der Waals surface area contributed by atoms with Gasteiger partial charge in [-0.25, -0.2) is 14.4 Å². The topological polar surface area (TPSA) is 68.4 Å². The van der Waals surface area contributed by atoms with Crippen molar-refractivity contribution in [2.24, 2.45) is 4.99 Å². The van der Waals surface area contributed by atoms with Gasteiger partial charge in [0.15, 0.2) is 11.0 Å². The van der Waals surface area contributed by atoms with Crippen LogP contribution in [0, 0.1) is 15.9 Å². The first-order valence-electron chi connectivity index (χ1n) is 5.38. The molecular formula is C12H5Cl3FN3O2.